The van der Waals surface area contributed by atoms with Gasteiger partial charge in [0.05, 0.1) is 27.6 Å². The molecule has 2 rings (SSSR count). The first-order valence-electron chi connectivity index (χ1n) is 8.75. The largest absolute Gasteiger partial charge is 0.380 e. The van der Waals surface area contributed by atoms with Crippen molar-refractivity contribution in [3.63, 3.8) is 0 Å². The first kappa shape index (κ1) is 22.3. The van der Waals surface area contributed by atoms with E-state index in [-0.39, 0.29) is 33.3 Å². The summed E-state index contributed by atoms with van der Waals surface area (Å²) < 4.78 is 13.8. The fourth-order valence-electron chi connectivity index (χ4n) is 2.71. The van der Waals surface area contributed by atoms with E-state index in [1.54, 1.807) is 6.07 Å². The first-order valence-corrected chi connectivity index (χ1v) is 10.6. The summed E-state index contributed by atoms with van der Waals surface area (Å²) in [5, 5.41) is 5.26. The molecule has 2 heterocycles. The summed E-state index contributed by atoms with van der Waals surface area (Å²) in [6.07, 6.45) is 2.78. The van der Waals surface area contributed by atoms with E-state index in [1.165, 1.54) is 22.5 Å². The van der Waals surface area contributed by atoms with Crippen LogP contribution in [0.2, 0.25) is 0 Å². The molecule has 0 spiro atoms. The molecule has 0 bridgehead atoms. The Bertz CT molecular complexity index is 694. The maximum Gasteiger partial charge on any atom is 0.274 e. The molecule has 1 aromatic heterocycles. The predicted octanol–water partition coefficient (Wildman–Crippen LogP) is 2.80. The topological polar surface area (TPSA) is 66.4 Å². The maximum atomic E-state index is 12.8. The maximum absolute atomic E-state index is 12.8. The van der Waals surface area contributed by atoms with E-state index in [0.29, 0.717) is 24.3 Å². The van der Waals surface area contributed by atoms with E-state index in [1.807, 2.05) is 19.0 Å². The fourth-order valence-corrected chi connectivity index (χ4v) is 4.74. The molecule has 3 atom stereocenters. The average Bonchev–Trinajstić information content (AvgIpc) is 2.94. The molecular weight excluding hydrogens is 414 g/mol. The number of amides is 1. The lowest BCUT2D eigenvalue weighted by molar-refractivity contribution is -0.115. The highest BCUT2D eigenvalue weighted by atomic mass is 35.5. The molecule has 1 fully saturated rings. The molecule has 152 valence electrons. The number of thioether (sulfide) groups is 1. The Balaban J connectivity index is 2.10. The van der Waals surface area contributed by atoms with Gasteiger partial charge in [-0.2, -0.15) is 0 Å². The van der Waals surface area contributed by atoms with Gasteiger partial charge in [0, 0.05) is 12.7 Å². The fraction of sp³-hybridized carbons (Fsp3) is 0.647. The normalized spacial score (nSPS) is 22.2. The van der Waals surface area contributed by atoms with Gasteiger partial charge in [0.1, 0.15) is 12.4 Å². The van der Waals surface area contributed by atoms with Gasteiger partial charge >= 0.3 is 0 Å². The molecule has 1 amide bonds. The number of halogens is 3. The van der Waals surface area contributed by atoms with Crippen LogP contribution in [0.25, 0.3) is 0 Å². The van der Waals surface area contributed by atoms with Crippen LogP contribution in [0.5, 0.6) is 0 Å². The molecule has 1 aromatic rings. The zero-order chi connectivity index (χ0) is 20.0. The number of anilines is 2. The Labute approximate surface area is 172 Å². The van der Waals surface area contributed by atoms with Gasteiger partial charge in [0.15, 0.2) is 0 Å². The van der Waals surface area contributed by atoms with Gasteiger partial charge in [-0.25, -0.2) is 4.39 Å². The van der Waals surface area contributed by atoms with Crippen LogP contribution in [-0.2, 0) is 11.3 Å². The van der Waals surface area contributed by atoms with Crippen LogP contribution in [-0.4, -0.2) is 64.6 Å². The van der Waals surface area contributed by atoms with Crippen molar-refractivity contribution in [3.8, 4) is 0 Å². The number of aromatic nitrogens is 1. The second-order valence-corrected chi connectivity index (χ2v) is 9.27. The SMILES string of the molecule is CN(C)CCCNc1cc(NC(=O)C2CC(Cl)C(Cl)S2)cn(CCF)c1=O. The second-order valence-electron chi connectivity index (χ2n) is 6.63. The highest BCUT2D eigenvalue weighted by Gasteiger charge is 2.36. The van der Waals surface area contributed by atoms with Crippen LogP contribution in [0.3, 0.4) is 0 Å². The van der Waals surface area contributed by atoms with Crippen LogP contribution >= 0.6 is 35.0 Å². The Hall–Kier alpha value is -0.960. The molecule has 10 heteroatoms. The summed E-state index contributed by atoms with van der Waals surface area (Å²) in [6.45, 7) is 0.735. The van der Waals surface area contributed by atoms with E-state index in [4.69, 9.17) is 23.2 Å². The van der Waals surface area contributed by atoms with E-state index in [0.717, 1.165) is 13.0 Å². The van der Waals surface area contributed by atoms with Crippen molar-refractivity contribution in [1.29, 1.82) is 0 Å². The van der Waals surface area contributed by atoms with Gasteiger partial charge in [0.25, 0.3) is 5.56 Å². The molecule has 3 unspecified atom stereocenters. The lowest BCUT2D eigenvalue weighted by atomic mass is 10.2. The zero-order valence-electron chi connectivity index (χ0n) is 15.4. The lowest BCUT2D eigenvalue weighted by Crippen LogP contribution is -2.28. The van der Waals surface area contributed by atoms with E-state index in [2.05, 4.69) is 10.6 Å². The molecule has 0 aromatic carbocycles. The van der Waals surface area contributed by atoms with Gasteiger partial charge < -0.3 is 20.1 Å². The minimum atomic E-state index is -0.669. The van der Waals surface area contributed by atoms with E-state index >= 15 is 0 Å². The molecule has 1 aliphatic rings. The summed E-state index contributed by atoms with van der Waals surface area (Å²) in [6, 6.07) is 1.58. The minimum absolute atomic E-state index is 0.0688. The van der Waals surface area contributed by atoms with Crippen molar-refractivity contribution in [2.45, 2.75) is 34.7 Å². The Kier molecular flexibility index (Phi) is 8.72. The highest BCUT2D eigenvalue weighted by molar-refractivity contribution is 8.02. The van der Waals surface area contributed by atoms with Crippen LogP contribution in [0.15, 0.2) is 17.1 Å². The molecule has 0 saturated carbocycles. The monoisotopic (exact) mass is 438 g/mol. The number of carbonyl (C=O) groups is 1. The van der Waals surface area contributed by atoms with E-state index < -0.39 is 6.67 Å². The number of nitrogens with one attached hydrogen (secondary N) is 2. The molecule has 6 nitrogen and oxygen atoms in total. The summed E-state index contributed by atoms with van der Waals surface area (Å²) in [5.41, 5.74) is 0.463. The van der Waals surface area contributed by atoms with Crippen molar-refractivity contribution >= 4 is 52.2 Å². The number of alkyl halides is 3. The van der Waals surface area contributed by atoms with Crippen LogP contribution in [0, 0.1) is 0 Å². The van der Waals surface area contributed by atoms with E-state index in [9.17, 15) is 14.0 Å². The number of rotatable bonds is 9. The minimum Gasteiger partial charge on any atom is -0.380 e. The Morgan fingerprint density at radius 3 is 2.78 bits per heavy atom. The third-order valence-electron chi connectivity index (χ3n) is 4.09. The van der Waals surface area contributed by atoms with Crippen molar-refractivity contribution in [1.82, 2.24) is 9.47 Å². The molecular formula is C17H25Cl2FN4O2S. The molecule has 0 radical (unpaired) electrons. The number of nitrogens with zero attached hydrogens (tertiary/aromatic N) is 2. The van der Waals surface area contributed by atoms with Crippen LogP contribution in [0.4, 0.5) is 15.8 Å². The van der Waals surface area contributed by atoms with Crippen molar-refractivity contribution in [2.75, 3.05) is 44.5 Å². The predicted molar refractivity (Wildman–Crippen MR) is 112 cm³/mol. The molecule has 1 saturated heterocycles. The third kappa shape index (κ3) is 6.55. The lowest BCUT2D eigenvalue weighted by Gasteiger charge is -2.15. The Morgan fingerprint density at radius 1 is 1.44 bits per heavy atom. The molecule has 1 aliphatic heterocycles. The van der Waals surface area contributed by atoms with Gasteiger partial charge in [-0.05, 0) is 39.5 Å². The number of aryl methyl sites for hydroxylation is 1. The number of hydrogen-bond acceptors (Lipinski definition) is 5. The molecule has 27 heavy (non-hydrogen) atoms. The molecule has 0 aliphatic carbocycles. The summed E-state index contributed by atoms with van der Waals surface area (Å²) in [5.74, 6) is -0.224. The van der Waals surface area contributed by atoms with Crippen LogP contribution in [0.1, 0.15) is 12.8 Å². The molecule has 2 N–H and O–H groups in total. The van der Waals surface area contributed by atoms with Crippen molar-refractivity contribution in [3.05, 3.63) is 22.6 Å². The first-order chi connectivity index (χ1) is 12.8. The zero-order valence-corrected chi connectivity index (χ0v) is 17.7. The Morgan fingerprint density at radius 2 is 2.19 bits per heavy atom. The van der Waals surface area contributed by atoms with Crippen molar-refractivity contribution in [2.24, 2.45) is 0 Å². The summed E-state index contributed by atoms with van der Waals surface area (Å²) >= 11 is 13.5. The number of carbonyl (C=O) groups excluding carboxylic acids is 1. The summed E-state index contributed by atoms with van der Waals surface area (Å²) in [4.78, 5) is 27.0. The highest BCUT2D eigenvalue weighted by Crippen LogP contribution is 2.39. The second kappa shape index (κ2) is 10.5. The van der Waals surface area contributed by atoms with Crippen molar-refractivity contribution < 1.29 is 9.18 Å². The summed E-state index contributed by atoms with van der Waals surface area (Å²) in [7, 11) is 3.95. The average molecular weight is 439 g/mol. The van der Waals surface area contributed by atoms with Gasteiger partial charge in [-0.3, -0.25) is 9.59 Å². The number of hydrogen-bond donors (Lipinski definition) is 2. The van der Waals surface area contributed by atoms with Gasteiger partial charge in [-0.15, -0.1) is 35.0 Å². The smallest absolute Gasteiger partial charge is 0.274 e. The van der Waals surface area contributed by atoms with Gasteiger partial charge in [-0.1, -0.05) is 0 Å². The quantitative estimate of drug-likeness (QED) is 0.458. The van der Waals surface area contributed by atoms with Crippen LogP contribution < -0.4 is 16.2 Å². The third-order valence-corrected chi connectivity index (χ3v) is 6.73. The standard InChI is InChI=1S/C17H25Cl2FN4O2S/c1-23(2)6-3-5-21-13-8-11(10-24(7-4-20)17(13)26)22-16(25)14-9-12(18)15(19)27-14/h8,10,12,14-15,21H,3-7,9H2,1-2H3,(H,22,25). The number of pyridine rings is 1. The van der Waals surface area contributed by atoms with Gasteiger partial charge in [0.2, 0.25) is 5.91 Å².